The molecule has 0 amide bonds. The fourth-order valence-corrected chi connectivity index (χ4v) is 3.53. The van der Waals surface area contributed by atoms with Crippen LogP contribution in [0, 0.1) is 0 Å². The second-order valence-corrected chi connectivity index (χ2v) is 5.37. The first-order valence-electron chi connectivity index (χ1n) is 6.97. The molecule has 20 heavy (non-hydrogen) atoms. The van der Waals surface area contributed by atoms with Crippen molar-refractivity contribution in [1.29, 1.82) is 0 Å². The Hall–Kier alpha value is -1.61. The fraction of sp³-hybridized carbons (Fsp3) is 0.294. The molecule has 2 rings (SSSR count). The van der Waals surface area contributed by atoms with Crippen molar-refractivity contribution in [1.82, 2.24) is 0 Å². The molecule has 0 saturated heterocycles. The van der Waals surface area contributed by atoms with E-state index in [-0.39, 0.29) is 0 Å². The third-order valence-corrected chi connectivity index (χ3v) is 4.44. The van der Waals surface area contributed by atoms with Gasteiger partial charge in [-0.05, 0) is 19.1 Å². The Morgan fingerprint density at radius 1 is 1.05 bits per heavy atom. The highest BCUT2D eigenvalue weighted by molar-refractivity contribution is 7.96. The van der Waals surface area contributed by atoms with Crippen LogP contribution >= 0.6 is 0 Å². The Bertz CT molecular complexity index is 606. The average molecular weight is 292 g/mol. The summed E-state index contributed by atoms with van der Waals surface area (Å²) in [6.07, 6.45) is 5.04. The molecule has 1 aliphatic rings. The SMILES string of the molecule is C=CC1=C(/C=C\C)c2ccccc2S1(=O)=O.CC.CC. The van der Waals surface area contributed by atoms with Crippen molar-refractivity contribution in [3.8, 4) is 0 Å². The molecule has 1 aromatic carbocycles. The molecule has 110 valence electrons. The van der Waals surface area contributed by atoms with E-state index in [4.69, 9.17) is 0 Å². The highest BCUT2D eigenvalue weighted by Gasteiger charge is 2.31. The van der Waals surface area contributed by atoms with Gasteiger partial charge in [-0.1, -0.05) is 64.6 Å². The van der Waals surface area contributed by atoms with Crippen LogP contribution in [0.15, 0.2) is 58.9 Å². The summed E-state index contributed by atoms with van der Waals surface area (Å²) in [6.45, 7) is 13.4. The van der Waals surface area contributed by atoms with Crippen molar-refractivity contribution < 1.29 is 8.42 Å². The van der Waals surface area contributed by atoms with Gasteiger partial charge in [0.1, 0.15) is 0 Å². The first kappa shape index (κ1) is 18.4. The molecule has 0 aromatic heterocycles. The van der Waals surface area contributed by atoms with Crippen LogP contribution in [-0.4, -0.2) is 8.42 Å². The minimum Gasteiger partial charge on any atom is -0.218 e. The largest absolute Gasteiger partial charge is 0.218 e. The Balaban J connectivity index is 0.000000829. The number of benzene rings is 1. The molecule has 0 fully saturated rings. The monoisotopic (exact) mass is 292 g/mol. The van der Waals surface area contributed by atoms with Crippen molar-refractivity contribution >= 4 is 15.4 Å². The summed E-state index contributed by atoms with van der Waals surface area (Å²) in [7, 11) is -3.36. The van der Waals surface area contributed by atoms with Crippen molar-refractivity contribution in [3.05, 3.63) is 59.5 Å². The first-order valence-corrected chi connectivity index (χ1v) is 8.45. The zero-order valence-corrected chi connectivity index (χ0v) is 13.8. The van der Waals surface area contributed by atoms with Gasteiger partial charge in [0.05, 0.1) is 9.80 Å². The maximum atomic E-state index is 12.1. The van der Waals surface area contributed by atoms with Crippen LogP contribution in [0.2, 0.25) is 0 Å². The molecule has 1 heterocycles. The summed E-state index contributed by atoms with van der Waals surface area (Å²) in [5.41, 5.74) is 1.49. The summed E-state index contributed by atoms with van der Waals surface area (Å²) >= 11 is 0. The van der Waals surface area contributed by atoms with Crippen LogP contribution in [0.5, 0.6) is 0 Å². The molecule has 0 unspecified atom stereocenters. The lowest BCUT2D eigenvalue weighted by molar-refractivity contribution is 0.604. The number of fused-ring (bicyclic) bond motifs is 1. The van der Waals surface area contributed by atoms with Gasteiger partial charge in [-0.2, -0.15) is 0 Å². The number of hydrogen-bond acceptors (Lipinski definition) is 2. The number of rotatable bonds is 2. The molecular formula is C17H24O2S. The van der Waals surface area contributed by atoms with Crippen LogP contribution in [0.25, 0.3) is 5.57 Å². The van der Waals surface area contributed by atoms with Crippen LogP contribution in [0.4, 0.5) is 0 Å². The topological polar surface area (TPSA) is 34.1 Å². The number of sulfone groups is 1. The zero-order valence-electron chi connectivity index (χ0n) is 13.0. The third-order valence-electron chi connectivity index (χ3n) is 2.54. The lowest BCUT2D eigenvalue weighted by Gasteiger charge is -1.97. The summed E-state index contributed by atoms with van der Waals surface area (Å²) in [5, 5.41) is 0. The van der Waals surface area contributed by atoms with Crippen molar-refractivity contribution in [2.24, 2.45) is 0 Å². The van der Waals surface area contributed by atoms with Crippen molar-refractivity contribution in [3.63, 3.8) is 0 Å². The second-order valence-electron chi connectivity index (χ2n) is 3.48. The lowest BCUT2D eigenvalue weighted by atomic mass is 10.1. The van der Waals surface area contributed by atoms with Gasteiger partial charge < -0.3 is 0 Å². The normalized spacial score (nSPS) is 14.8. The summed E-state index contributed by atoms with van der Waals surface area (Å²) in [6, 6.07) is 7.02. The molecular weight excluding hydrogens is 268 g/mol. The first-order chi connectivity index (χ1) is 9.62. The minimum absolute atomic E-state index is 0.298. The van der Waals surface area contributed by atoms with Gasteiger partial charge in [0.15, 0.2) is 0 Å². The van der Waals surface area contributed by atoms with Crippen LogP contribution in [0.1, 0.15) is 40.2 Å². The Labute approximate surface area is 123 Å². The number of allylic oxidation sites excluding steroid dienone is 4. The van der Waals surface area contributed by atoms with Gasteiger partial charge in [0.25, 0.3) is 0 Å². The van der Waals surface area contributed by atoms with Gasteiger partial charge in [0, 0.05) is 11.1 Å². The van der Waals surface area contributed by atoms with E-state index in [2.05, 4.69) is 6.58 Å². The Kier molecular flexibility index (Phi) is 7.85. The minimum atomic E-state index is -3.36. The molecule has 2 nitrogen and oxygen atoms in total. The summed E-state index contributed by atoms with van der Waals surface area (Å²) in [5.74, 6) is 0. The van der Waals surface area contributed by atoms with Crippen LogP contribution < -0.4 is 0 Å². The summed E-state index contributed by atoms with van der Waals surface area (Å²) in [4.78, 5) is 0.671. The molecule has 3 heteroatoms. The van der Waals surface area contributed by atoms with E-state index in [1.165, 1.54) is 6.08 Å². The van der Waals surface area contributed by atoms with E-state index in [9.17, 15) is 8.42 Å². The smallest absolute Gasteiger partial charge is 0.207 e. The number of hydrogen-bond donors (Lipinski definition) is 0. The van der Waals surface area contributed by atoms with Gasteiger partial charge in [-0.25, -0.2) is 8.42 Å². The van der Waals surface area contributed by atoms with Gasteiger partial charge in [-0.15, -0.1) is 0 Å². The van der Waals surface area contributed by atoms with Crippen molar-refractivity contribution in [2.75, 3.05) is 0 Å². The molecule has 1 aromatic rings. The average Bonchev–Trinajstić information content (AvgIpc) is 2.72. The van der Waals surface area contributed by atoms with Crippen molar-refractivity contribution in [2.45, 2.75) is 39.5 Å². The van der Waals surface area contributed by atoms with Gasteiger partial charge in [-0.3, -0.25) is 0 Å². The zero-order chi connectivity index (χ0) is 15.8. The third kappa shape index (κ3) is 3.28. The second kappa shape index (κ2) is 8.54. The molecule has 0 spiro atoms. The Morgan fingerprint density at radius 3 is 2.10 bits per heavy atom. The molecule has 0 saturated carbocycles. The maximum absolute atomic E-state index is 12.1. The maximum Gasteiger partial charge on any atom is 0.207 e. The van der Waals surface area contributed by atoms with Crippen LogP contribution in [0.3, 0.4) is 0 Å². The molecule has 0 N–H and O–H groups in total. The predicted molar refractivity (Wildman–Crippen MR) is 88.3 cm³/mol. The van der Waals surface area contributed by atoms with E-state index >= 15 is 0 Å². The van der Waals surface area contributed by atoms with E-state index in [1.807, 2.05) is 52.8 Å². The lowest BCUT2D eigenvalue weighted by Crippen LogP contribution is -1.97. The highest BCUT2D eigenvalue weighted by atomic mass is 32.2. The van der Waals surface area contributed by atoms with Crippen LogP contribution in [-0.2, 0) is 9.84 Å². The molecule has 0 atom stereocenters. The predicted octanol–water partition coefficient (Wildman–Crippen LogP) is 5.00. The van der Waals surface area contributed by atoms with Gasteiger partial charge in [0.2, 0.25) is 9.84 Å². The fourth-order valence-electron chi connectivity index (χ4n) is 1.88. The van der Waals surface area contributed by atoms with E-state index in [0.717, 1.165) is 11.1 Å². The van der Waals surface area contributed by atoms with Gasteiger partial charge >= 0.3 is 0 Å². The molecule has 1 aliphatic heterocycles. The molecule has 0 bridgehead atoms. The Morgan fingerprint density at radius 2 is 1.60 bits per heavy atom. The highest BCUT2D eigenvalue weighted by Crippen LogP contribution is 2.39. The molecule has 0 radical (unpaired) electrons. The summed E-state index contributed by atoms with van der Waals surface area (Å²) < 4.78 is 24.3. The van der Waals surface area contributed by atoms with E-state index < -0.39 is 9.84 Å². The molecule has 0 aliphatic carbocycles. The van der Waals surface area contributed by atoms with E-state index in [1.54, 1.807) is 18.2 Å². The van der Waals surface area contributed by atoms with E-state index in [0.29, 0.717) is 9.80 Å². The quantitative estimate of drug-likeness (QED) is 0.768. The standard InChI is InChI=1S/C13H12O2S.2C2H6/c1-3-7-10-11-8-5-6-9-13(11)16(14,15)12(10)4-2;2*1-2/h3-9H,2H2,1H3;2*1-2H3/b7-3-;;.